The van der Waals surface area contributed by atoms with Crippen molar-refractivity contribution >= 4 is 45.7 Å². The van der Waals surface area contributed by atoms with Crippen molar-refractivity contribution in [3.63, 3.8) is 0 Å². The molecule has 13 heteroatoms. The summed E-state index contributed by atoms with van der Waals surface area (Å²) in [5, 5.41) is 5.00. The second kappa shape index (κ2) is 12.3. The van der Waals surface area contributed by atoms with Crippen LogP contribution < -0.4 is 14.4 Å². The highest BCUT2D eigenvalue weighted by atomic mass is 32.2. The van der Waals surface area contributed by atoms with Gasteiger partial charge in [-0.15, -0.1) is 18.3 Å². The monoisotopic (exact) mass is 611 g/mol. The van der Waals surface area contributed by atoms with Crippen LogP contribution in [0.2, 0.25) is 0 Å². The SMILES string of the molecule is COc1ccc(N2C(=O)CSC2=NC(=S)CCc2ccc(-c3ncn(-c4ccc(OC(F)(F)F)cc4)n3)cc2)c(C)c1. The van der Waals surface area contributed by atoms with Gasteiger partial charge in [0.15, 0.2) is 11.0 Å². The number of benzene rings is 3. The molecule has 1 aromatic heterocycles. The summed E-state index contributed by atoms with van der Waals surface area (Å²) < 4.78 is 47.8. The van der Waals surface area contributed by atoms with E-state index in [-0.39, 0.29) is 11.7 Å². The summed E-state index contributed by atoms with van der Waals surface area (Å²) in [6, 6.07) is 18.6. The fraction of sp³-hybridized carbons (Fsp3) is 0.207. The molecule has 216 valence electrons. The third-order valence-corrected chi connectivity index (χ3v) is 7.52. The van der Waals surface area contributed by atoms with E-state index in [4.69, 9.17) is 17.0 Å². The first-order valence-corrected chi connectivity index (χ1v) is 14.1. The van der Waals surface area contributed by atoms with E-state index in [9.17, 15) is 18.0 Å². The first-order chi connectivity index (χ1) is 20.1. The van der Waals surface area contributed by atoms with Crippen molar-refractivity contribution in [1.29, 1.82) is 0 Å². The number of amidine groups is 1. The summed E-state index contributed by atoms with van der Waals surface area (Å²) in [5.41, 5.74) is 4.02. The third-order valence-electron chi connectivity index (χ3n) is 6.30. The summed E-state index contributed by atoms with van der Waals surface area (Å²) in [6.07, 6.45) is -2.07. The predicted molar refractivity (Wildman–Crippen MR) is 160 cm³/mol. The highest BCUT2D eigenvalue weighted by molar-refractivity contribution is 8.15. The average molecular weight is 612 g/mol. The van der Waals surface area contributed by atoms with Gasteiger partial charge in [-0.25, -0.2) is 14.7 Å². The van der Waals surface area contributed by atoms with E-state index < -0.39 is 6.36 Å². The van der Waals surface area contributed by atoms with Crippen molar-refractivity contribution in [3.8, 4) is 28.6 Å². The van der Waals surface area contributed by atoms with Gasteiger partial charge in [-0.2, -0.15) is 0 Å². The number of thioether (sulfide) groups is 1. The van der Waals surface area contributed by atoms with E-state index in [1.807, 2.05) is 49.4 Å². The number of anilines is 1. The molecule has 1 amide bonds. The van der Waals surface area contributed by atoms with Crippen LogP contribution in [0.1, 0.15) is 17.5 Å². The van der Waals surface area contributed by atoms with Crippen molar-refractivity contribution in [2.45, 2.75) is 26.1 Å². The number of methoxy groups -OCH3 is 1. The number of ether oxygens (including phenoxy) is 2. The van der Waals surface area contributed by atoms with Gasteiger partial charge in [-0.1, -0.05) is 48.2 Å². The number of aryl methyl sites for hydroxylation is 2. The van der Waals surface area contributed by atoms with Gasteiger partial charge in [0.05, 0.1) is 24.2 Å². The van der Waals surface area contributed by atoms with E-state index in [0.717, 1.165) is 22.4 Å². The van der Waals surface area contributed by atoms with Gasteiger partial charge in [-0.05, 0) is 66.9 Å². The zero-order valence-corrected chi connectivity index (χ0v) is 24.1. The number of alkyl halides is 3. The van der Waals surface area contributed by atoms with Crippen molar-refractivity contribution in [1.82, 2.24) is 14.8 Å². The lowest BCUT2D eigenvalue weighted by Crippen LogP contribution is -2.30. The summed E-state index contributed by atoms with van der Waals surface area (Å²) in [7, 11) is 1.60. The van der Waals surface area contributed by atoms with E-state index in [1.165, 1.54) is 47.0 Å². The van der Waals surface area contributed by atoms with Gasteiger partial charge in [-0.3, -0.25) is 9.69 Å². The van der Waals surface area contributed by atoms with E-state index in [2.05, 4.69) is 19.8 Å². The van der Waals surface area contributed by atoms with E-state index in [0.29, 0.717) is 46.0 Å². The van der Waals surface area contributed by atoms with Crippen LogP contribution in [0.3, 0.4) is 0 Å². The molecule has 2 heterocycles. The Bertz CT molecular complexity index is 1640. The molecule has 1 saturated heterocycles. The molecule has 5 rings (SSSR count). The molecule has 4 aromatic rings. The van der Waals surface area contributed by atoms with Crippen LogP contribution in [0.25, 0.3) is 17.1 Å². The van der Waals surface area contributed by atoms with Gasteiger partial charge in [0.25, 0.3) is 0 Å². The Labute approximate surface area is 249 Å². The molecule has 8 nitrogen and oxygen atoms in total. The number of amides is 1. The maximum atomic E-state index is 12.6. The number of nitrogens with zero attached hydrogens (tertiary/aromatic N) is 5. The number of aliphatic imine (C=N–C) groups is 1. The molecule has 0 N–H and O–H groups in total. The number of rotatable bonds is 8. The summed E-state index contributed by atoms with van der Waals surface area (Å²) in [5.74, 6) is 1.13. The smallest absolute Gasteiger partial charge is 0.497 e. The number of hydrogen-bond acceptors (Lipinski definition) is 7. The lowest BCUT2D eigenvalue weighted by molar-refractivity contribution is -0.274. The number of carbonyl (C=O) groups is 1. The Morgan fingerprint density at radius 3 is 2.45 bits per heavy atom. The van der Waals surface area contributed by atoms with Crippen LogP contribution >= 0.6 is 24.0 Å². The number of thiocarbonyl (C=S) groups is 1. The van der Waals surface area contributed by atoms with Crippen LogP contribution in [0.5, 0.6) is 11.5 Å². The first-order valence-electron chi connectivity index (χ1n) is 12.7. The Morgan fingerprint density at radius 1 is 1.07 bits per heavy atom. The van der Waals surface area contributed by atoms with Gasteiger partial charge < -0.3 is 9.47 Å². The summed E-state index contributed by atoms with van der Waals surface area (Å²) >= 11 is 6.91. The summed E-state index contributed by atoms with van der Waals surface area (Å²) in [4.78, 5) is 23.7. The fourth-order valence-electron chi connectivity index (χ4n) is 4.24. The second-order valence-electron chi connectivity index (χ2n) is 9.21. The Morgan fingerprint density at radius 2 is 1.79 bits per heavy atom. The van der Waals surface area contributed by atoms with E-state index in [1.54, 1.807) is 12.0 Å². The van der Waals surface area contributed by atoms with Crippen LogP contribution in [-0.4, -0.2) is 50.1 Å². The zero-order chi connectivity index (χ0) is 29.9. The topological polar surface area (TPSA) is 81.8 Å². The van der Waals surface area contributed by atoms with E-state index >= 15 is 0 Å². The van der Waals surface area contributed by atoms with Crippen LogP contribution in [0, 0.1) is 6.92 Å². The van der Waals surface area contributed by atoms with Crippen molar-refractivity contribution < 1.29 is 27.4 Å². The molecule has 0 saturated carbocycles. The highest BCUT2D eigenvalue weighted by Gasteiger charge is 2.32. The average Bonchev–Trinajstić information content (AvgIpc) is 3.59. The Kier molecular flexibility index (Phi) is 8.59. The second-order valence-corrected chi connectivity index (χ2v) is 10.6. The maximum absolute atomic E-state index is 12.6. The molecular formula is C29H24F3N5O3S2. The van der Waals surface area contributed by atoms with Crippen molar-refractivity contribution in [2.24, 2.45) is 4.99 Å². The molecule has 0 atom stereocenters. The number of halogens is 3. The van der Waals surface area contributed by atoms with Crippen molar-refractivity contribution in [2.75, 3.05) is 17.8 Å². The Hall–Kier alpha value is -4.23. The Balaban J connectivity index is 1.20. The van der Waals surface area contributed by atoms with Crippen molar-refractivity contribution in [3.05, 3.63) is 84.2 Å². The predicted octanol–water partition coefficient (Wildman–Crippen LogP) is 6.55. The minimum Gasteiger partial charge on any atom is -0.497 e. The van der Waals surface area contributed by atoms with Crippen LogP contribution in [-0.2, 0) is 11.2 Å². The zero-order valence-electron chi connectivity index (χ0n) is 22.5. The number of hydrogen-bond donors (Lipinski definition) is 0. The minimum absolute atomic E-state index is 0.0473. The molecule has 1 fully saturated rings. The quantitative estimate of drug-likeness (QED) is 0.209. The normalized spacial score (nSPS) is 14.5. The summed E-state index contributed by atoms with van der Waals surface area (Å²) in [6.45, 7) is 1.92. The molecular weight excluding hydrogens is 587 g/mol. The molecule has 0 spiro atoms. The fourth-order valence-corrected chi connectivity index (χ4v) is 5.37. The lowest BCUT2D eigenvalue weighted by atomic mass is 10.1. The van der Waals surface area contributed by atoms with Gasteiger partial charge in [0.1, 0.15) is 22.8 Å². The lowest BCUT2D eigenvalue weighted by Gasteiger charge is -2.19. The molecule has 0 aliphatic carbocycles. The first kappa shape index (κ1) is 29.3. The van der Waals surface area contributed by atoms with Gasteiger partial charge in [0, 0.05) is 12.0 Å². The van der Waals surface area contributed by atoms with Crippen LogP contribution in [0.4, 0.5) is 18.9 Å². The molecule has 42 heavy (non-hydrogen) atoms. The number of aromatic nitrogens is 3. The third kappa shape index (κ3) is 6.97. The van der Waals surface area contributed by atoms with Gasteiger partial charge >= 0.3 is 6.36 Å². The molecule has 0 unspecified atom stereocenters. The molecule has 0 bridgehead atoms. The standard InChI is InChI=1S/C29H24F3N5O3S2/c1-18-15-23(39-2)12-13-24(18)37-26(38)16-42-28(37)34-25(41)14-5-19-3-6-20(7-4-19)27-33-17-36(35-27)21-8-10-22(11-9-21)40-29(30,31)32/h3-4,6-13,15,17H,5,14,16H2,1-2H3. The maximum Gasteiger partial charge on any atom is 0.573 e. The highest BCUT2D eigenvalue weighted by Crippen LogP contribution is 2.32. The largest absolute Gasteiger partial charge is 0.573 e. The van der Waals surface area contributed by atoms with Gasteiger partial charge in [0.2, 0.25) is 5.91 Å². The minimum atomic E-state index is -4.75. The molecule has 1 aliphatic heterocycles. The molecule has 1 aliphatic rings. The molecule has 3 aromatic carbocycles. The molecule has 0 radical (unpaired) electrons. The number of carbonyl (C=O) groups excluding carboxylic acids is 1. The van der Waals surface area contributed by atoms with Crippen LogP contribution in [0.15, 0.2) is 78.0 Å².